The SMILES string of the molecule is Cc1cc(NCc2nccs2)ccc1F. The standard InChI is InChI=1S/C11H11FN2S/c1-8-6-9(2-3-10(8)12)14-7-11-13-4-5-15-11/h2-6,14H,7H2,1H3. The number of benzene rings is 1. The topological polar surface area (TPSA) is 24.9 Å². The Bertz CT molecular complexity index is 440. The first kappa shape index (κ1) is 10.1. The molecule has 1 N–H and O–H groups in total. The Labute approximate surface area is 91.8 Å². The molecule has 1 aromatic heterocycles. The summed E-state index contributed by atoms with van der Waals surface area (Å²) in [5.41, 5.74) is 1.57. The Morgan fingerprint density at radius 1 is 1.47 bits per heavy atom. The van der Waals surface area contributed by atoms with Crippen molar-refractivity contribution in [2.24, 2.45) is 0 Å². The zero-order valence-electron chi connectivity index (χ0n) is 8.33. The third-order valence-corrected chi connectivity index (χ3v) is 2.86. The molecule has 78 valence electrons. The Morgan fingerprint density at radius 3 is 3.00 bits per heavy atom. The molecule has 0 aliphatic carbocycles. The van der Waals surface area contributed by atoms with E-state index >= 15 is 0 Å². The predicted molar refractivity (Wildman–Crippen MR) is 60.6 cm³/mol. The summed E-state index contributed by atoms with van der Waals surface area (Å²) in [5.74, 6) is -0.171. The lowest BCUT2D eigenvalue weighted by atomic mass is 10.2. The largest absolute Gasteiger partial charge is 0.379 e. The second-order valence-electron chi connectivity index (χ2n) is 3.24. The first-order chi connectivity index (χ1) is 7.25. The Balaban J connectivity index is 2.02. The average molecular weight is 222 g/mol. The summed E-state index contributed by atoms with van der Waals surface area (Å²) in [4.78, 5) is 4.15. The van der Waals surface area contributed by atoms with Gasteiger partial charge in [0.25, 0.3) is 0 Å². The maximum Gasteiger partial charge on any atom is 0.126 e. The lowest BCUT2D eigenvalue weighted by molar-refractivity contribution is 0.618. The highest BCUT2D eigenvalue weighted by atomic mass is 32.1. The summed E-state index contributed by atoms with van der Waals surface area (Å²) in [7, 11) is 0. The van der Waals surface area contributed by atoms with E-state index in [4.69, 9.17) is 0 Å². The molecular formula is C11H11FN2S. The number of halogens is 1. The average Bonchev–Trinajstić information content (AvgIpc) is 2.73. The maximum absolute atomic E-state index is 13.0. The van der Waals surface area contributed by atoms with E-state index in [1.807, 2.05) is 5.38 Å². The Hall–Kier alpha value is -1.42. The van der Waals surface area contributed by atoms with Crippen molar-refractivity contribution >= 4 is 17.0 Å². The number of hydrogen-bond donors (Lipinski definition) is 1. The molecule has 2 aromatic rings. The van der Waals surface area contributed by atoms with Gasteiger partial charge in [0, 0.05) is 17.3 Å². The van der Waals surface area contributed by atoms with Gasteiger partial charge >= 0.3 is 0 Å². The van der Waals surface area contributed by atoms with Crippen LogP contribution in [-0.4, -0.2) is 4.98 Å². The number of aromatic nitrogens is 1. The zero-order valence-corrected chi connectivity index (χ0v) is 9.14. The van der Waals surface area contributed by atoms with Gasteiger partial charge in [-0.25, -0.2) is 9.37 Å². The van der Waals surface area contributed by atoms with Gasteiger partial charge in [0.1, 0.15) is 10.8 Å². The maximum atomic E-state index is 13.0. The molecule has 1 heterocycles. The molecule has 15 heavy (non-hydrogen) atoms. The van der Waals surface area contributed by atoms with E-state index in [-0.39, 0.29) is 5.82 Å². The molecule has 1 aromatic carbocycles. The van der Waals surface area contributed by atoms with E-state index in [1.165, 1.54) is 6.07 Å². The summed E-state index contributed by atoms with van der Waals surface area (Å²) in [5, 5.41) is 6.16. The lowest BCUT2D eigenvalue weighted by Gasteiger charge is -2.05. The van der Waals surface area contributed by atoms with Crippen LogP contribution in [0.5, 0.6) is 0 Å². The van der Waals surface area contributed by atoms with E-state index < -0.39 is 0 Å². The molecule has 2 rings (SSSR count). The van der Waals surface area contributed by atoms with Gasteiger partial charge in [0.05, 0.1) is 6.54 Å². The van der Waals surface area contributed by atoms with Crippen LogP contribution in [0, 0.1) is 12.7 Å². The lowest BCUT2D eigenvalue weighted by Crippen LogP contribution is -1.99. The molecule has 0 unspecified atom stereocenters. The third kappa shape index (κ3) is 2.53. The summed E-state index contributed by atoms with van der Waals surface area (Å²) >= 11 is 1.60. The number of nitrogens with zero attached hydrogens (tertiary/aromatic N) is 1. The number of hydrogen-bond acceptors (Lipinski definition) is 3. The molecule has 0 fully saturated rings. The fourth-order valence-electron chi connectivity index (χ4n) is 1.27. The minimum atomic E-state index is -0.171. The minimum Gasteiger partial charge on any atom is -0.379 e. The van der Waals surface area contributed by atoms with Crippen molar-refractivity contribution in [2.75, 3.05) is 5.32 Å². The molecular weight excluding hydrogens is 211 g/mol. The normalized spacial score (nSPS) is 10.3. The van der Waals surface area contributed by atoms with Gasteiger partial charge in [-0.1, -0.05) is 0 Å². The highest BCUT2D eigenvalue weighted by Crippen LogP contribution is 2.15. The molecule has 0 saturated carbocycles. The molecule has 0 atom stereocenters. The van der Waals surface area contributed by atoms with Crippen molar-refractivity contribution < 1.29 is 4.39 Å². The highest BCUT2D eigenvalue weighted by molar-refractivity contribution is 7.09. The van der Waals surface area contributed by atoms with Crippen LogP contribution in [0.2, 0.25) is 0 Å². The van der Waals surface area contributed by atoms with Crippen LogP contribution in [0.3, 0.4) is 0 Å². The van der Waals surface area contributed by atoms with Crippen molar-refractivity contribution in [3.8, 4) is 0 Å². The van der Waals surface area contributed by atoms with E-state index in [9.17, 15) is 4.39 Å². The van der Waals surface area contributed by atoms with Gasteiger partial charge in [-0.3, -0.25) is 0 Å². The first-order valence-corrected chi connectivity index (χ1v) is 5.52. The van der Waals surface area contributed by atoms with E-state index in [0.717, 1.165) is 10.7 Å². The smallest absolute Gasteiger partial charge is 0.126 e. The molecule has 4 heteroatoms. The van der Waals surface area contributed by atoms with Gasteiger partial charge in [-0.2, -0.15) is 0 Å². The van der Waals surface area contributed by atoms with Gasteiger partial charge in [0.2, 0.25) is 0 Å². The van der Waals surface area contributed by atoms with Crippen LogP contribution >= 0.6 is 11.3 Å². The van der Waals surface area contributed by atoms with Crippen molar-refractivity contribution in [3.63, 3.8) is 0 Å². The molecule has 0 aliphatic heterocycles. The summed E-state index contributed by atoms with van der Waals surface area (Å²) in [6.45, 7) is 2.44. The van der Waals surface area contributed by atoms with Crippen molar-refractivity contribution in [3.05, 3.63) is 46.2 Å². The van der Waals surface area contributed by atoms with E-state index in [1.54, 1.807) is 36.6 Å². The fraction of sp³-hybridized carbons (Fsp3) is 0.182. The molecule has 0 amide bonds. The molecule has 0 spiro atoms. The third-order valence-electron chi connectivity index (χ3n) is 2.09. The van der Waals surface area contributed by atoms with Crippen LogP contribution in [0.15, 0.2) is 29.8 Å². The summed E-state index contributed by atoms with van der Waals surface area (Å²) < 4.78 is 13.0. The molecule has 0 saturated heterocycles. The molecule has 2 nitrogen and oxygen atoms in total. The number of rotatable bonds is 3. The number of anilines is 1. The first-order valence-electron chi connectivity index (χ1n) is 4.64. The van der Waals surface area contributed by atoms with Crippen LogP contribution in [0.25, 0.3) is 0 Å². The predicted octanol–water partition coefficient (Wildman–Crippen LogP) is 3.20. The minimum absolute atomic E-state index is 0.171. The zero-order chi connectivity index (χ0) is 10.7. The van der Waals surface area contributed by atoms with Gasteiger partial charge < -0.3 is 5.32 Å². The quantitative estimate of drug-likeness (QED) is 0.862. The van der Waals surface area contributed by atoms with E-state index in [0.29, 0.717) is 12.1 Å². The second-order valence-corrected chi connectivity index (χ2v) is 4.22. The van der Waals surface area contributed by atoms with Crippen molar-refractivity contribution in [1.82, 2.24) is 4.98 Å². The Morgan fingerprint density at radius 2 is 2.33 bits per heavy atom. The molecule has 0 aliphatic rings. The number of thiazole rings is 1. The van der Waals surface area contributed by atoms with Gasteiger partial charge in [-0.05, 0) is 30.7 Å². The van der Waals surface area contributed by atoms with Crippen LogP contribution in [0.4, 0.5) is 10.1 Å². The van der Waals surface area contributed by atoms with Crippen LogP contribution in [0.1, 0.15) is 10.6 Å². The van der Waals surface area contributed by atoms with Crippen molar-refractivity contribution in [2.45, 2.75) is 13.5 Å². The fourth-order valence-corrected chi connectivity index (χ4v) is 1.83. The van der Waals surface area contributed by atoms with Gasteiger partial charge in [0.15, 0.2) is 0 Å². The summed E-state index contributed by atoms with van der Waals surface area (Å²) in [6.07, 6.45) is 1.78. The number of nitrogens with one attached hydrogen (secondary N) is 1. The molecule has 0 bridgehead atoms. The number of aryl methyl sites for hydroxylation is 1. The highest BCUT2D eigenvalue weighted by Gasteiger charge is 1.99. The van der Waals surface area contributed by atoms with E-state index in [2.05, 4.69) is 10.3 Å². The monoisotopic (exact) mass is 222 g/mol. The van der Waals surface area contributed by atoms with Gasteiger partial charge in [-0.15, -0.1) is 11.3 Å². The second kappa shape index (κ2) is 4.40. The van der Waals surface area contributed by atoms with Crippen molar-refractivity contribution in [1.29, 1.82) is 0 Å². The Kier molecular flexibility index (Phi) is 2.97. The molecule has 0 radical (unpaired) electrons. The summed E-state index contributed by atoms with van der Waals surface area (Å²) in [6, 6.07) is 5.00. The van der Waals surface area contributed by atoms with Crippen LogP contribution < -0.4 is 5.32 Å². The van der Waals surface area contributed by atoms with Crippen LogP contribution in [-0.2, 0) is 6.54 Å².